The van der Waals surface area contributed by atoms with Gasteiger partial charge >= 0.3 is 5.97 Å². The Morgan fingerprint density at radius 1 is 1.11 bits per heavy atom. The van der Waals surface area contributed by atoms with Crippen molar-refractivity contribution in [1.29, 1.82) is 0 Å². The van der Waals surface area contributed by atoms with Crippen molar-refractivity contribution in [3.05, 3.63) is 74.3 Å². The SMILES string of the molecule is CC(OC(=O)c1ccc(Cl)cc1[N+](=O)[O-])C(=O)c1ccc(C(C)(C)C)cc1. The fourth-order valence-electron chi connectivity index (χ4n) is 2.48. The van der Waals surface area contributed by atoms with Gasteiger partial charge in [-0.1, -0.05) is 56.6 Å². The Bertz CT molecular complexity index is 884. The lowest BCUT2D eigenvalue weighted by molar-refractivity contribution is -0.385. The van der Waals surface area contributed by atoms with Crippen LogP contribution in [0.1, 0.15) is 54.0 Å². The molecule has 142 valence electrons. The number of nitro benzene ring substituents is 1. The first kappa shape index (κ1) is 20.6. The molecule has 0 aliphatic rings. The molecule has 2 aromatic carbocycles. The van der Waals surface area contributed by atoms with Crippen LogP contribution in [0, 0.1) is 10.1 Å². The van der Waals surface area contributed by atoms with Crippen molar-refractivity contribution < 1.29 is 19.2 Å². The van der Waals surface area contributed by atoms with Crippen molar-refractivity contribution in [3.8, 4) is 0 Å². The summed E-state index contributed by atoms with van der Waals surface area (Å²) < 4.78 is 5.14. The standard InChI is InChI=1S/C20H20ClNO5/c1-12(18(23)13-5-7-14(8-6-13)20(2,3)4)27-19(24)16-10-9-15(21)11-17(16)22(25)26/h5-12H,1-4H3. The number of benzene rings is 2. The van der Waals surface area contributed by atoms with Gasteiger partial charge in [0, 0.05) is 16.7 Å². The average molecular weight is 390 g/mol. The third-order valence-corrected chi connectivity index (χ3v) is 4.30. The maximum atomic E-state index is 12.5. The van der Waals surface area contributed by atoms with Crippen LogP contribution in [0.4, 0.5) is 5.69 Å². The van der Waals surface area contributed by atoms with E-state index in [0.29, 0.717) is 5.56 Å². The molecule has 1 atom stereocenters. The number of hydrogen-bond donors (Lipinski definition) is 0. The van der Waals surface area contributed by atoms with E-state index in [2.05, 4.69) is 20.8 Å². The van der Waals surface area contributed by atoms with E-state index in [1.807, 2.05) is 12.1 Å². The molecule has 27 heavy (non-hydrogen) atoms. The van der Waals surface area contributed by atoms with Crippen LogP contribution in [0.15, 0.2) is 42.5 Å². The summed E-state index contributed by atoms with van der Waals surface area (Å²) in [7, 11) is 0. The Balaban J connectivity index is 2.17. The van der Waals surface area contributed by atoms with Crippen molar-refractivity contribution in [2.75, 3.05) is 0 Å². The van der Waals surface area contributed by atoms with Crippen LogP contribution in [0.3, 0.4) is 0 Å². The molecule has 0 spiro atoms. The van der Waals surface area contributed by atoms with Crippen molar-refractivity contribution in [3.63, 3.8) is 0 Å². The number of ether oxygens (including phenoxy) is 1. The normalized spacial score (nSPS) is 12.3. The minimum absolute atomic E-state index is 0.0484. The molecule has 2 aromatic rings. The van der Waals surface area contributed by atoms with Crippen molar-refractivity contribution >= 4 is 29.0 Å². The number of carbonyl (C=O) groups excluding carboxylic acids is 2. The molecule has 0 N–H and O–H groups in total. The van der Waals surface area contributed by atoms with Crippen LogP contribution in [-0.4, -0.2) is 22.8 Å². The van der Waals surface area contributed by atoms with Gasteiger partial charge in [0.05, 0.1) is 4.92 Å². The van der Waals surface area contributed by atoms with Gasteiger partial charge in [0.15, 0.2) is 6.10 Å². The summed E-state index contributed by atoms with van der Waals surface area (Å²) in [5, 5.41) is 11.2. The zero-order valence-corrected chi connectivity index (χ0v) is 16.2. The summed E-state index contributed by atoms with van der Waals surface area (Å²) in [5.74, 6) is -1.34. The second kappa shape index (κ2) is 7.88. The van der Waals surface area contributed by atoms with E-state index in [1.165, 1.54) is 19.1 Å². The van der Waals surface area contributed by atoms with Crippen LogP contribution < -0.4 is 0 Å². The molecule has 0 aromatic heterocycles. The first-order chi connectivity index (χ1) is 12.5. The zero-order valence-electron chi connectivity index (χ0n) is 15.5. The predicted octanol–water partition coefficient (Wildman–Crippen LogP) is 4.97. The summed E-state index contributed by atoms with van der Waals surface area (Å²) in [6.45, 7) is 7.62. The highest BCUT2D eigenvalue weighted by atomic mass is 35.5. The Kier molecular flexibility index (Phi) is 6.01. The molecule has 6 nitrogen and oxygen atoms in total. The maximum absolute atomic E-state index is 12.5. The number of nitrogens with zero attached hydrogens (tertiary/aromatic N) is 1. The first-order valence-electron chi connectivity index (χ1n) is 8.30. The van der Waals surface area contributed by atoms with Crippen molar-refractivity contribution in [2.24, 2.45) is 0 Å². The summed E-state index contributed by atoms with van der Waals surface area (Å²) in [4.78, 5) is 35.2. The number of halogens is 1. The highest BCUT2D eigenvalue weighted by Gasteiger charge is 2.26. The quantitative estimate of drug-likeness (QED) is 0.311. The van der Waals surface area contributed by atoms with Gasteiger partial charge in [0.2, 0.25) is 5.78 Å². The van der Waals surface area contributed by atoms with E-state index in [1.54, 1.807) is 12.1 Å². The number of carbonyl (C=O) groups is 2. The fraction of sp³-hybridized carbons (Fsp3) is 0.300. The maximum Gasteiger partial charge on any atom is 0.345 e. The van der Waals surface area contributed by atoms with Gasteiger partial charge < -0.3 is 4.74 Å². The van der Waals surface area contributed by atoms with Crippen LogP contribution in [0.2, 0.25) is 5.02 Å². The Labute approximate surface area is 162 Å². The highest BCUT2D eigenvalue weighted by Crippen LogP contribution is 2.25. The Morgan fingerprint density at radius 3 is 2.22 bits per heavy atom. The van der Waals surface area contributed by atoms with Gasteiger partial charge in [-0.25, -0.2) is 4.79 Å². The van der Waals surface area contributed by atoms with Gasteiger partial charge in [0.1, 0.15) is 5.56 Å². The molecule has 0 heterocycles. The minimum atomic E-state index is -1.09. The van der Waals surface area contributed by atoms with E-state index >= 15 is 0 Å². The molecule has 0 aliphatic carbocycles. The molecule has 1 unspecified atom stereocenters. The zero-order chi connectivity index (χ0) is 20.4. The van der Waals surface area contributed by atoms with Crippen molar-refractivity contribution in [1.82, 2.24) is 0 Å². The highest BCUT2D eigenvalue weighted by molar-refractivity contribution is 6.31. The summed E-state index contributed by atoms with van der Waals surface area (Å²) in [5.41, 5.74) is 0.691. The minimum Gasteiger partial charge on any atom is -0.450 e. The number of rotatable bonds is 5. The van der Waals surface area contributed by atoms with Gasteiger partial charge in [-0.05, 0) is 30.0 Å². The van der Waals surface area contributed by atoms with E-state index < -0.39 is 22.7 Å². The lowest BCUT2D eigenvalue weighted by Crippen LogP contribution is -2.25. The molecule has 0 radical (unpaired) electrons. The number of Topliss-reactive ketones (excluding diaryl/α,β-unsaturated/α-hetero) is 1. The van der Waals surface area contributed by atoms with Crippen LogP contribution in [0.25, 0.3) is 0 Å². The molecule has 0 bridgehead atoms. The van der Waals surface area contributed by atoms with E-state index in [9.17, 15) is 19.7 Å². The van der Waals surface area contributed by atoms with E-state index in [0.717, 1.165) is 11.6 Å². The predicted molar refractivity (Wildman–Crippen MR) is 102 cm³/mol. The number of esters is 1. The molecule has 0 saturated carbocycles. The lowest BCUT2D eigenvalue weighted by Gasteiger charge is -2.19. The summed E-state index contributed by atoms with van der Waals surface area (Å²) >= 11 is 5.74. The van der Waals surface area contributed by atoms with E-state index in [-0.39, 0.29) is 21.8 Å². The largest absolute Gasteiger partial charge is 0.450 e. The van der Waals surface area contributed by atoms with Crippen LogP contribution in [0.5, 0.6) is 0 Å². The van der Waals surface area contributed by atoms with Gasteiger partial charge in [0.25, 0.3) is 5.69 Å². The molecule has 0 fully saturated rings. The van der Waals surface area contributed by atoms with Crippen molar-refractivity contribution in [2.45, 2.75) is 39.2 Å². The van der Waals surface area contributed by atoms with E-state index in [4.69, 9.17) is 16.3 Å². The second-order valence-electron chi connectivity index (χ2n) is 7.16. The third kappa shape index (κ3) is 4.92. The molecule has 2 rings (SSSR count). The third-order valence-electron chi connectivity index (χ3n) is 4.06. The molecule has 0 saturated heterocycles. The monoisotopic (exact) mass is 389 g/mol. The number of hydrogen-bond acceptors (Lipinski definition) is 5. The Hall–Kier alpha value is -2.73. The van der Waals surface area contributed by atoms with Gasteiger partial charge in [-0.3, -0.25) is 14.9 Å². The van der Waals surface area contributed by atoms with Crippen LogP contribution >= 0.6 is 11.6 Å². The first-order valence-corrected chi connectivity index (χ1v) is 8.68. The van der Waals surface area contributed by atoms with Crippen LogP contribution in [-0.2, 0) is 10.2 Å². The Morgan fingerprint density at radius 2 is 1.70 bits per heavy atom. The summed E-state index contributed by atoms with van der Waals surface area (Å²) in [6.07, 6.45) is -1.09. The summed E-state index contributed by atoms with van der Waals surface area (Å²) in [6, 6.07) is 10.7. The number of nitro groups is 1. The molecule has 7 heteroatoms. The second-order valence-corrected chi connectivity index (χ2v) is 7.59. The lowest BCUT2D eigenvalue weighted by atomic mass is 9.86. The number of ketones is 1. The topological polar surface area (TPSA) is 86.5 Å². The molecule has 0 amide bonds. The average Bonchev–Trinajstić information content (AvgIpc) is 2.60. The van der Waals surface area contributed by atoms with Gasteiger partial charge in [-0.15, -0.1) is 0 Å². The fourth-order valence-corrected chi connectivity index (χ4v) is 2.64. The molecular weight excluding hydrogens is 370 g/mol. The molecule has 0 aliphatic heterocycles. The smallest absolute Gasteiger partial charge is 0.345 e. The van der Waals surface area contributed by atoms with Gasteiger partial charge in [-0.2, -0.15) is 0 Å². The molecular formula is C20H20ClNO5.